The van der Waals surface area contributed by atoms with Crippen molar-refractivity contribution in [1.82, 2.24) is 0 Å². The van der Waals surface area contributed by atoms with Crippen molar-refractivity contribution < 1.29 is 4.74 Å². The topological polar surface area (TPSA) is 9.23 Å². The molecular weight excluding hydrogens is 220 g/mol. The fraction of sp³-hybridized carbons (Fsp3) is 0.571. The van der Waals surface area contributed by atoms with Crippen LogP contribution in [0.4, 0.5) is 0 Å². The lowest BCUT2D eigenvalue weighted by molar-refractivity contribution is 0.143. The van der Waals surface area contributed by atoms with Crippen molar-refractivity contribution in [3.8, 4) is 0 Å². The molecule has 1 atom stereocenters. The van der Waals surface area contributed by atoms with Gasteiger partial charge in [0, 0.05) is 0 Å². The van der Waals surface area contributed by atoms with Gasteiger partial charge in [0.1, 0.15) is 0 Å². The van der Waals surface area contributed by atoms with Gasteiger partial charge in [0.15, 0.2) is 0 Å². The molecule has 2 heteroatoms. The quantitative estimate of drug-likeness (QED) is 0.624. The predicted octanol–water partition coefficient (Wildman–Crippen LogP) is 3.84. The van der Waals surface area contributed by atoms with E-state index in [-0.39, 0.29) is 10.8 Å². The van der Waals surface area contributed by atoms with Crippen LogP contribution in [0.5, 0.6) is 0 Å². The number of alkyl halides is 1. The molecule has 88 valence electrons. The van der Waals surface area contributed by atoms with E-state index in [1.165, 1.54) is 16.7 Å². The standard InChI is InChI=1S/C14H19ClO/c1-14(2,3)11-5-4-10-6-7-16-9-13(15)12(10)8-11/h4-5,8,13H,6-7,9H2,1-3H3. The maximum Gasteiger partial charge on any atom is 0.0821 e. The summed E-state index contributed by atoms with van der Waals surface area (Å²) in [7, 11) is 0. The molecule has 1 aliphatic heterocycles. The van der Waals surface area contributed by atoms with Gasteiger partial charge in [-0.05, 0) is 28.5 Å². The van der Waals surface area contributed by atoms with Crippen LogP contribution in [0.1, 0.15) is 42.8 Å². The van der Waals surface area contributed by atoms with Gasteiger partial charge in [0.2, 0.25) is 0 Å². The van der Waals surface area contributed by atoms with Crippen LogP contribution < -0.4 is 0 Å². The smallest absolute Gasteiger partial charge is 0.0821 e. The van der Waals surface area contributed by atoms with E-state index in [4.69, 9.17) is 16.3 Å². The summed E-state index contributed by atoms with van der Waals surface area (Å²) in [4.78, 5) is 0. The summed E-state index contributed by atoms with van der Waals surface area (Å²) in [5.74, 6) is 0. The van der Waals surface area contributed by atoms with Crippen molar-refractivity contribution in [2.45, 2.75) is 38.0 Å². The second kappa shape index (κ2) is 4.38. The molecule has 1 aromatic carbocycles. The number of rotatable bonds is 0. The van der Waals surface area contributed by atoms with Crippen LogP contribution >= 0.6 is 11.6 Å². The van der Waals surface area contributed by atoms with E-state index in [1.54, 1.807) is 0 Å². The van der Waals surface area contributed by atoms with Crippen LogP contribution in [0.15, 0.2) is 18.2 Å². The molecule has 1 heterocycles. The Bertz CT molecular complexity index is 379. The van der Waals surface area contributed by atoms with E-state index in [0.29, 0.717) is 6.61 Å². The highest BCUT2D eigenvalue weighted by Crippen LogP contribution is 2.32. The normalized spacial score (nSPS) is 21.4. The zero-order valence-electron chi connectivity index (χ0n) is 10.2. The number of hydrogen-bond acceptors (Lipinski definition) is 1. The van der Waals surface area contributed by atoms with Crippen LogP contribution in [0, 0.1) is 0 Å². The average molecular weight is 239 g/mol. The van der Waals surface area contributed by atoms with Crippen LogP contribution in [-0.4, -0.2) is 13.2 Å². The summed E-state index contributed by atoms with van der Waals surface area (Å²) in [5, 5.41) is -0.000185. The fourth-order valence-electron chi connectivity index (χ4n) is 2.04. The molecule has 0 saturated heterocycles. The van der Waals surface area contributed by atoms with Gasteiger partial charge in [-0.1, -0.05) is 39.0 Å². The lowest BCUT2D eigenvalue weighted by Gasteiger charge is -2.21. The van der Waals surface area contributed by atoms with Gasteiger partial charge in [0.25, 0.3) is 0 Å². The highest BCUT2D eigenvalue weighted by atomic mass is 35.5. The Morgan fingerprint density at radius 2 is 2.06 bits per heavy atom. The molecule has 1 nitrogen and oxygen atoms in total. The van der Waals surface area contributed by atoms with Crippen LogP contribution in [0.2, 0.25) is 0 Å². The first-order chi connectivity index (χ1) is 7.48. The van der Waals surface area contributed by atoms with Gasteiger partial charge in [-0.3, -0.25) is 0 Å². The monoisotopic (exact) mass is 238 g/mol. The Hall–Kier alpha value is -0.530. The van der Waals surface area contributed by atoms with Crippen LogP contribution in [0.25, 0.3) is 0 Å². The third kappa shape index (κ3) is 2.41. The molecule has 0 saturated carbocycles. The van der Waals surface area contributed by atoms with E-state index in [0.717, 1.165) is 13.0 Å². The molecule has 0 bridgehead atoms. The third-order valence-electron chi connectivity index (χ3n) is 3.13. The SMILES string of the molecule is CC(C)(C)c1ccc2c(c1)C(Cl)COCC2. The minimum atomic E-state index is -0.000185. The number of hydrogen-bond donors (Lipinski definition) is 0. The van der Waals surface area contributed by atoms with Gasteiger partial charge in [0.05, 0.1) is 18.6 Å². The highest BCUT2D eigenvalue weighted by molar-refractivity contribution is 6.21. The molecule has 0 spiro atoms. The molecule has 2 rings (SSSR count). The number of halogens is 1. The molecule has 1 aromatic rings. The second-order valence-electron chi connectivity index (χ2n) is 5.46. The Morgan fingerprint density at radius 1 is 1.31 bits per heavy atom. The minimum Gasteiger partial charge on any atom is -0.379 e. The summed E-state index contributed by atoms with van der Waals surface area (Å²) in [5.41, 5.74) is 4.12. The number of fused-ring (bicyclic) bond motifs is 1. The maximum absolute atomic E-state index is 6.35. The summed E-state index contributed by atoms with van der Waals surface area (Å²) < 4.78 is 5.48. The Morgan fingerprint density at radius 3 is 2.75 bits per heavy atom. The zero-order valence-corrected chi connectivity index (χ0v) is 11.0. The van der Waals surface area contributed by atoms with E-state index in [1.807, 2.05) is 0 Å². The Kier molecular flexibility index (Phi) is 3.27. The van der Waals surface area contributed by atoms with Gasteiger partial charge >= 0.3 is 0 Å². The lowest BCUT2D eigenvalue weighted by atomic mass is 9.84. The summed E-state index contributed by atoms with van der Waals surface area (Å²) in [6.07, 6.45) is 0.975. The van der Waals surface area contributed by atoms with Crippen molar-refractivity contribution >= 4 is 11.6 Å². The van der Waals surface area contributed by atoms with E-state index < -0.39 is 0 Å². The molecule has 0 radical (unpaired) electrons. The molecule has 1 unspecified atom stereocenters. The van der Waals surface area contributed by atoms with Crippen molar-refractivity contribution in [3.05, 3.63) is 34.9 Å². The molecule has 1 aliphatic rings. The first kappa shape index (κ1) is 11.9. The predicted molar refractivity (Wildman–Crippen MR) is 68.3 cm³/mol. The first-order valence-electron chi connectivity index (χ1n) is 5.83. The lowest BCUT2D eigenvalue weighted by Crippen LogP contribution is -2.12. The van der Waals surface area contributed by atoms with Crippen molar-refractivity contribution in [3.63, 3.8) is 0 Å². The molecule has 0 N–H and O–H groups in total. The van der Waals surface area contributed by atoms with Gasteiger partial charge in [-0.2, -0.15) is 0 Å². The van der Waals surface area contributed by atoms with E-state index in [9.17, 15) is 0 Å². The van der Waals surface area contributed by atoms with Crippen LogP contribution in [0.3, 0.4) is 0 Å². The highest BCUT2D eigenvalue weighted by Gasteiger charge is 2.20. The largest absolute Gasteiger partial charge is 0.379 e. The van der Waals surface area contributed by atoms with Gasteiger partial charge in [-0.25, -0.2) is 0 Å². The Balaban J connectivity index is 2.43. The summed E-state index contributed by atoms with van der Waals surface area (Å²) in [6.45, 7) is 8.09. The van der Waals surface area contributed by atoms with Gasteiger partial charge in [-0.15, -0.1) is 11.6 Å². The second-order valence-corrected chi connectivity index (χ2v) is 5.98. The summed E-state index contributed by atoms with van der Waals surface area (Å²) in [6, 6.07) is 6.68. The molecule has 0 fully saturated rings. The van der Waals surface area contributed by atoms with Crippen LogP contribution in [-0.2, 0) is 16.6 Å². The molecule has 0 amide bonds. The van der Waals surface area contributed by atoms with E-state index in [2.05, 4.69) is 39.0 Å². The zero-order chi connectivity index (χ0) is 11.8. The molecular formula is C14H19ClO. The van der Waals surface area contributed by atoms with Crippen molar-refractivity contribution in [2.24, 2.45) is 0 Å². The average Bonchev–Trinajstić information content (AvgIpc) is 2.39. The minimum absolute atomic E-state index is 0.000185. The third-order valence-corrected chi connectivity index (χ3v) is 3.49. The Labute approximate surface area is 103 Å². The van der Waals surface area contributed by atoms with Gasteiger partial charge < -0.3 is 4.74 Å². The first-order valence-corrected chi connectivity index (χ1v) is 6.27. The van der Waals surface area contributed by atoms with E-state index >= 15 is 0 Å². The van der Waals surface area contributed by atoms with Crippen molar-refractivity contribution in [1.29, 1.82) is 0 Å². The fourth-order valence-corrected chi connectivity index (χ4v) is 2.33. The molecule has 16 heavy (non-hydrogen) atoms. The van der Waals surface area contributed by atoms with Crippen molar-refractivity contribution in [2.75, 3.05) is 13.2 Å². The number of benzene rings is 1. The number of ether oxygens (including phenoxy) is 1. The summed E-state index contributed by atoms with van der Waals surface area (Å²) >= 11 is 6.35. The molecule has 0 aromatic heterocycles. The molecule has 0 aliphatic carbocycles. The maximum atomic E-state index is 6.35.